The summed E-state index contributed by atoms with van der Waals surface area (Å²) in [6, 6.07) is 24.0. The molecule has 1 saturated heterocycles. The van der Waals surface area contributed by atoms with E-state index in [0.29, 0.717) is 31.6 Å². The van der Waals surface area contributed by atoms with Crippen molar-refractivity contribution in [2.75, 3.05) is 38.1 Å². The van der Waals surface area contributed by atoms with Crippen LogP contribution < -0.4 is 4.90 Å². The molecule has 2 aliphatic heterocycles. The van der Waals surface area contributed by atoms with E-state index in [2.05, 4.69) is 21.9 Å². The summed E-state index contributed by atoms with van der Waals surface area (Å²) in [5.41, 5.74) is 3.08. The average molecular weight is 508 g/mol. The van der Waals surface area contributed by atoms with Crippen LogP contribution in [0.1, 0.15) is 22.3 Å². The summed E-state index contributed by atoms with van der Waals surface area (Å²) in [5.74, 6) is -0.434. The van der Waals surface area contributed by atoms with Crippen molar-refractivity contribution < 1.29 is 18.0 Å². The Balaban J connectivity index is 1.39. The second kappa shape index (κ2) is 10.6. The molecule has 194 valence electrons. The Hall–Kier alpha value is -3.32. The number of piperazine rings is 1. The fourth-order valence-electron chi connectivity index (χ4n) is 5.70. The van der Waals surface area contributed by atoms with Crippen LogP contribution >= 0.6 is 0 Å². The lowest BCUT2D eigenvalue weighted by atomic mass is 9.82. The number of amides is 1. The van der Waals surface area contributed by atoms with Gasteiger partial charge in [-0.25, -0.2) is 0 Å². The molecular formula is C30H32F3N3O. The van der Waals surface area contributed by atoms with Gasteiger partial charge < -0.3 is 9.80 Å². The molecule has 3 aromatic carbocycles. The third-order valence-electron chi connectivity index (χ3n) is 7.64. The predicted molar refractivity (Wildman–Crippen MR) is 139 cm³/mol. The van der Waals surface area contributed by atoms with E-state index >= 15 is 0 Å². The molecule has 4 nitrogen and oxygen atoms in total. The molecule has 1 amide bonds. The van der Waals surface area contributed by atoms with E-state index in [0.717, 1.165) is 30.8 Å². The van der Waals surface area contributed by atoms with Crippen molar-refractivity contribution in [3.05, 3.63) is 101 Å². The fourth-order valence-corrected chi connectivity index (χ4v) is 5.70. The first-order valence-electron chi connectivity index (χ1n) is 12.8. The van der Waals surface area contributed by atoms with Crippen LogP contribution in [0.4, 0.5) is 18.9 Å². The second-order valence-electron chi connectivity index (χ2n) is 10.1. The topological polar surface area (TPSA) is 26.8 Å². The zero-order valence-electron chi connectivity index (χ0n) is 21.0. The van der Waals surface area contributed by atoms with Crippen molar-refractivity contribution in [1.29, 1.82) is 0 Å². The van der Waals surface area contributed by atoms with E-state index in [9.17, 15) is 18.0 Å². The van der Waals surface area contributed by atoms with E-state index in [-0.39, 0.29) is 11.9 Å². The summed E-state index contributed by atoms with van der Waals surface area (Å²) >= 11 is 0. The zero-order chi connectivity index (χ0) is 26.0. The molecule has 0 radical (unpaired) electrons. The third kappa shape index (κ3) is 5.67. The number of hydrogen-bond donors (Lipinski definition) is 0. The molecule has 2 heterocycles. The maximum absolute atomic E-state index is 13.8. The molecule has 37 heavy (non-hydrogen) atoms. The Labute approximate surface area is 216 Å². The van der Waals surface area contributed by atoms with Crippen LogP contribution in [0.5, 0.6) is 0 Å². The van der Waals surface area contributed by atoms with Crippen molar-refractivity contribution in [1.82, 2.24) is 9.80 Å². The first-order valence-corrected chi connectivity index (χ1v) is 12.8. The quantitative estimate of drug-likeness (QED) is 0.455. The van der Waals surface area contributed by atoms with Gasteiger partial charge in [0.25, 0.3) is 0 Å². The SMILES string of the molecule is CN(Cc1ccccc1)C(=O)C1Cc2cc(C(F)(F)F)ccc2N2CCN(CCc3ccccc3)CC12. The van der Waals surface area contributed by atoms with Gasteiger partial charge in [-0.05, 0) is 47.7 Å². The van der Waals surface area contributed by atoms with Gasteiger partial charge in [0.2, 0.25) is 5.91 Å². The lowest BCUT2D eigenvalue weighted by Gasteiger charge is -2.49. The minimum absolute atomic E-state index is 0.0215. The maximum Gasteiger partial charge on any atom is 0.416 e. The number of halogens is 3. The number of fused-ring (bicyclic) bond motifs is 3. The fraction of sp³-hybridized carbons (Fsp3) is 0.367. The van der Waals surface area contributed by atoms with Crippen molar-refractivity contribution in [3.63, 3.8) is 0 Å². The molecule has 5 rings (SSSR count). The molecular weight excluding hydrogens is 475 g/mol. The number of rotatable bonds is 6. The van der Waals surface area contributed by atoms with Gasteiger partial charge in [0.1, 0.15) is 0 Å². The highest BCUT2D eigenvalue weighted by Crippen LogP contribution is 2.40. The van der Waals surface area contributed by atoms with E-state index < -0.39 is 17.7 Å². The number of nitrogens with zero attached hydrogens (tertiary/aromatic N) is 3. The minimum Gasteiger partial charge on any atom is -0.365 e. The molecule has 0 aliphatic carbocycles. The van der Waals surface area contributed by atoms with Crippen LogP contribution in [0.2, 0.25) is 0 Å². The summed E-state index contributed by atoms with van der Waals surface area (Å²) in [7, 11) is 1.79. The van der Waals surface area contributed by atoms with Gasteiger partial charge in [-0.2, -0.15) is 13.2 Å². The minimum atomic E-state index is -4.41. The summed E-state index contributed by atoms with van der Waals surface area (Å²) in [6.07, 6.45) is -3.18. The van der Waals surface area contributed by atoms with Crippen LogP contribution in [0.15, 0.2) is 78.9 Å². The molecule has 2 atom stereocenters. The lowest BCUT2D eigenvalue weighted by molar-refractivity contribution is -0.137. The van der Waals surface area contributed by atoms with Crippen LogP contribution in [0.3, 0.4) is 0 Å². The smallest absolute Gasteiger partial charge is 0.365 e. The summed E-state index contributed by atoms with van der Waals surface area (Å²) in [4.78, 5) is 20.1. The van der Waals surface area contributed by atoms with E-state index in [1.54, 1.807) is 18.0 Å². The Morgan fingerprint density at radius 2 is 1.62 bits per heavy atom. The molecule has 2 aliphatic rings. The summed E-state index contributed by atoms with van der Waals surface area (Å²) < 4.78 is 40.5. The molecule has 0 bridgehead atoms. The third-order valence-corrected chi connectivity index (χ3v) is 7.64. The van der Waals surface area contributed by atoms with Crippen molar-refractivity contribution in [2.24, 2.45) is 5.92 Å². The first-order chi connectivity index (χ1) is 17.8. The normalized spacial score (nSPS) is 19.7. The highest BCUT2D eigenvalue weighted by atomic mass is 19.4. The number of benzene rings is 3. The zero-order valence-corrected chi connectivity index (χ0v) is 21.0. The Bertz CT molecular complexity index is 1220. The highest BCUT2D eigenvalue weighted by Gasteiger charge is 2.43. The number of carbonyl (C=O) groups excluding carboxylic acids is 1. The molecule has 1 fully saturated rings. The molecule has 0 aromatic heterocycles. The summed E-state index contributed by atoms with van der Waals surface area (Å²) in [5, 5.41) is 0. The summed E-state index contributed by atoms with van der Waals surface area (Å²) in [6.45, 7) is 3.56. The second-order valence-corrected chi connectivity index (χ2v) is 10.1. The Morgan fingerprint density at radius 1 is 0.946 bits per heavy atom. The lowest BCUT2D eigenvalue weighted by Crippen LogP contribution is -2.61. The van der Waals surface area contributed by atoms with Gasteiger partial charge >= 0.3 is 6.18 Å². The van der Waals surface area contributed by atoms with Gasteiger partial charge in [-0.3, -0.25) is 9.69 Å². The van der Waals surface area contributed by atoms with E-state index in [1.807, 2.05) is 48.5 Å². The molecule has 2 unspecified atom stereocenters. The van der Waals surface area contributed by atoms with Crippen LogP contribution in [-0.4, -0.2) is 55.0 Å². The highest BCUT2D eigenvalue weighted by molar-refractivity contribution is 5.82. The van der Waals surface area contributed by atoms with Gasteiger partial charge in [-0.15, -0.1) is 0 Å². The van der Waals surface area contributed by atoms with Gasteiger partial charge in [-0.1, -0.05) is 60.7 Å². The molecule has 0 N–H and O–H groups in total. The first kappa shape index (κ1) is 25.3. The van der Waals surface area contributed by atoms with Crippen molar-refractivity contribution >= 4 is 11.6 Å². The van der Waals surface area contributed by atoms with E-state index in [4.69, 9.17) is 0 Å². The van der Waals surface area contributed by atoms with Crippen molar-refractivity contribution in [3.8, 4) is 0 Å². The van der Waals surface area contributed by atoms with E-state index in [1.165, 1.54) is 17.7 Å². The largest absolute Gasteiger partial charge is 0.416 e. The number of alkyl halides is 3. The van der Waals surface area contributed by atoms with Crippen LogP contribution in [-0.2, 0) is 30.4 Å². The molecule has 0 spiro atoms. The standard InChI is InChI=1S/C30H32F3N3O/c1-34(20-23-10-6-3-7-11-23)29(37)26-19-24-18-25(30(31,32)33)12-13-27(24)36-17-16-35(21-28(26)36)15-14-22-8-4-2-5-9-22/h2-13,18,26,28H,14-17,19-21H2,1H3. The Kier molecular flexibility index (Phi) is 7.24. The maximum atomic E-state index is 13.8. The number of carbonyl (C=O) groups is 1. The monoisotopic (exact) mass is 507 g/mol. The number of hydrogen-bond acceptors (Lipinski definition) is 3. The predicted octanol–water partition coefficient (Wildman–Crippen LogP) is 5.27. The average Bonchev–Trinajstić information content (AvgIpc) is 2.91. The Morgan fingerprint density at radius 3 is 2.30 bits per heavy atom. The van der Waals surface area contributed by atoms with Crippen LogP contribution in [0, 0.1) is 5.92 Å². The van der Waals surface area contributed by atoms with Crippen molar-refractivity contribution in [2.45, 2.75) is 31.6 Å². The molecule has 0 saturated carbocycles. The molecule has 7 heteroatoms. The van der Waals surface area contributed by atoms with Gasteiger partial charge in [0.05, 0.1) is 17.5 Å². The van der Waals surface area contributed by atoms with Gasteiger partial charge in [0.15, 0.2) is 0 Å². The van der Waals surface area contributed by atoms with Crippen LogP contribution in [0.25, 0.3) is 0 Å². The molecule has 3 aromatic rings. The number of anilines is 1. The van der Waals surface area contributed by atoms with Gasteiger partial charge in [0, 0.05) is 45.5 Å².